The number of carbonyl (C=O) groups excluding carboxylic acids is 2. The summed E-state index contributed by atoms with van der Waals surface area (Å²) >= 11 is 0. The van der Waals surface area contributed by atoms with E-state index in [1.807, 2.05) is 15.8 Å². The lowest BCUT2D eigenvalue weighted by Gasteiger charge is -2.29. The largest absolute Gasteiger partial charge is 0.378 e. The van der Waals surface area contributed by atoms with Crippen LogP contribution in [0.25, 0.3) is 0 Å². The fourth-order valence-electron chi connectivity index (χ4n) is 3.13. The molecule has 2 fully saturated rings. The molecule has 1 aromatic heterocycles. The first kappa shape index (κ1) is 16.0. The first-order valence-electron chi connectivity index (χ1n) is 8.24. The van der Waals surface area contributed by atoms with Crippen molar-refractivity contribution in [2.45, 2.75) is 26.8 Å². The number of hydrogen-bond donors (Lipinski definition) is 0. The molecule has 0 saturated carbocycles. The fraction of sp³-hybridized carbons (Fsp3) is 0.688. The van der Waals surface area contributed by atoms with Crippen LogP contribution in [-0.4, -0.2) is 59.3 Å². The van der Waals surface area contributed by atoms with Crippen LogP contribution in [0.3, 0.4) is 0 Å². The van der Waals surface area contributed by atoms with Crippen LogP contribution in [0.15, 0.2) is 12.4 Å². The Hall–Kier alpha value is -1.89. The van der Waals surface area contributed by atoms with Crippen LogP contribution in [0.4, 0.5) is 5.69 Å². The third-order valence-corrected chi connectivity index (χ3v) is 4.28. The highest BCUT2D eigenvalue weighted by Crippen LogP contribution is 2.26. The number of hydrogen-bond acceptors (Lipinski definition) is 4. The van der Waals surface area contributed by atoms with E-state index in [1.54, 1.807) is 11.1 Å². The van der Waals surface area contributed by atoms with Gasteiger partial charge in [0.25, 0.3) is 0 Å². The Morgan fingerprint density at radius 3 is 2.83 bits per heavy atom. The van der Waals surface area contributed by atoms with Crippen molar-refractivity contribution in [3.8, 4) is 0 Å². The predicted molar refractivity (Wildman–Crippen MR) is 84.9 cm³/mol. The molecule has 0 spiro atoms. The number of amides is 2. The maximum Gasteiger partial charge on any atom is 0.228 e. The summed E-state index contributed by atoms with van der Waals surface area (Å²) in [6, 6.07) is 0. The number of morpholine rings is 1. The van der Waals surface area contributed by atoms with Crippen LogP contribution in [0.1, 0.15) is 20.3 Å². The fourth-order valence-corrected chi connectivity index (χ4v) is 3.13. The summed E-state index contributed by atoms with van der Waals surface area (Å²) in [5, 5.41) is 4.31. The molecule has 2 aliphatic rings. The van der Waals surface area contributed by atoms with E-state index in [0.29, 0.717) is 38.8 Å². The average Bonchev–Trinajstić information content (AvgIpc) is 3.13. The Balaban J connectivity index is 1.65. The van der Waals surface area contributed by atoms with E-state index in [-0.39, 0.29) is 24.2 Å². The second-order valence-electron chi connectivity index (χ2n) is 6.66. The molecule has 2 aliphatic heterocycles. The van der Waals surface area contributed by atoms with Crippen molar-refractivity contribution in [1.82, 2.24) is 14.7 Å². The Morgan fingerprint density at radius 2 is 2.13 bits per heavy atom. The van der Waals surface area contributed by atoms with E-state index < -0.39 is 0 Å². The maximum atomic E-state index is 12.5. The third kappa shape index (κ3) is 3.55. The van der Waals surface area contributed by atoms with Gasteiger partial charge in [-0.05, 0) is 5.92 Å². The molecule has 2 saturated heterocycles. The lowest BCUT2D eigenvalue weighted by atomic mass is 10.1. The topological polar surface area (TPSA) is 67.7 Å². The molecule has 0 radical (unpaired) electrons. The van der Waals surface area contributed by atoms with Gasteiger partial charge in [0.15, 0.2) is 0 Å². The first-order chi connectivity index (χ1) is 11.0. The molecule has 7 nitrogen and oxygen atoms in total. The van der Waals surface area contributed by atoms with Crippen LogP contribution in [0.2, 0.25) is 0 Å². The maximum absolute atomic E-state index is 12.5. The molecule has 1 aromatic rings. The molecule has 3 heterocycles. The van der Waals surface area contributed by atoms with E-state index in [9.17, 15) is 9.59 Å². The minimum Gasteiger partial charge on any atom is -0.378 e. The minimum absolute atomic E-state index is 0.000654. The van der Waals surface area contributed by atoms with Crippen LogP contribution in [0, 0.1) is 11.8 Å². The number of rotatable bonds is 4. The van der Waals surface area contributed by atoms with Crippen LogP contribution < -0.4 is 4.90 Å². The SMILES string of the molecule is CC(C)Cn1cc(N2C[C@H](C(=O)N3CCOCC3)CC2=O)cn1. The second kappa shape index (κ2) is 6.70. The van der Waals surface area contributed by atoms with Crippen molar-refractivity contribution >= 4 is 17.5 Å². The Kier molecular flexibility index (Phi) is 4.66. The number of nitrogens with zero attached hydrogens (tertiary/aromatic N) is 4. The molecule has 126 valence electrons. The highest BCUT2D eigenvalue weighted by Gasteiger charge is 2.37. The van der Waals surface area contributed by atoms with Crippen molar-refractivity contribution in [3.05, 3.63) is 12.4 Å². The highest BCUT2D eigenvalue weighted by molar-refractivity contribution is 6.00. The van der Waals surface area contributed by atoms with E-state index >= 15 is 0 Å². The highest BCUT2D eigenvalue weighted by atomic mass is 16.5. The Labute approximate surface area is 136 Å². The standard InChI is InChI=1S/C16H24N4O3/c1-12(2)9-19-11-14(8-17-19)20-10-13(7-15(20)21)16(22)18-3-5-23-6-4-18/h8,11-13H,3-7,9-10H2,1-2H3/t13-/m1/s1. The Bertz CT molecular complexity index is 578. The van der Waals surface area contributed by atoms with Gasteiger partial charge in [0.05, 0.1) is 31.0 Å². The average molecular weight is 320 g/mol. The zero-order chi connectivity index (χ0) is 16.4. The molecule has 2 amide bonds. The van der Waals surface area contributed by atoms with E-state index in [0.717, 1.165) is 12.2 Å². The smallest absolute Gasteiger partial charge is 0.228 e. The van der Waals surface area contributed by atoms with E-state index in [4.69, 9.17) is 4.74 Å². The summed E-state index contributed by atoms with van der Waals surface area (Å²) in [6.45, 7) is 7.92. The Morgan fingerprint density at radius 1 is 1.39 bits per heavy atom. The minimum atomic E-state index is -0.256. The first-order valence-corrected chi connectivity index (χ1v) is 8.24. The quantitative estimate of drug-likeness (QED) is 0.821. The van der Waals surface area contributed by atoms with Gasteiger partial charge in [-0.15, -0.1) is 0 Å². The molecule has 0 N–H and O–H groups in total. The molecule has 0 aliphatic carbocycles. The summed E-state index contributed by atoms with van der Waals surface area (Å²) in [7, 11) is 0. The summed E-state index contributed by atoms with van der Waals surface area (Å²) in [5.74, 6) is 0.307. The van der Waals surface area contributed by atoms with E-state index in [1.165, 1.54) is 0 Å². The molecule has 7 heteroatoms. The summed E-state index contributed by atoms with van der Waals surface area (Å²) in [6.07, 6.45) is 3.88. The van der Waals surface area contributed by atoms with Gasteiger partial charge in [-0.3, -0.25) is 14.3 Å². The molecule has 1 atom stereocenters. The van der Waals surface area contributed by atoms with Gasteiger partial charge < -0.3 is 14.5 Å². The molecule has 0 unspecified atom stereocenters. The van der Waals surface area contributed by atoms with Gasteiger partial charge in [-0.1, -0.05) is 13.8 Å². The van der Waals surface area contributed by atoms with Crippen LogP contribution in [-0.2, 0) is 20.9 Å². The zero-order valence-corrected chi connectivity index (χ0v) is 13.8. The molecule has 0 bridgehead atoms. The number of ether oxygens (including phenoxy) is 1. The van der Waals surface area contributed by atoms with Crippen molar-refractivity contribution in [1.29, 1.82) is 0 Å². The van der Waals surface area contributed by atoms with Crippen molar-refractivity contribution < 1.29 is 14.3 Å². The van der Waals surface area contributed by atoms with Crippen molar-refractivity contribution in [2.24, 2.45) is 11.8 Å². The molecular formula is C16H24N4O3. The van der Waals surface area contributed by atoms with Gasteiger partial charge >= 0.3 is 0 Å². The number of anilines is 1. The van der Waals surface area contributed by atoms with Gasteiger partial charge in [0.2, 0.25) is 11.8 Å². The molecular weight excluding hydrogens is 296 g/mol. The molecule has 3 rings (SSSR count). The lowest BCUT2D eigenvalue weighted by molar-refractivity contribution is -0.139. The number of carbonyl (C=O) groups is 2. The summed E-state index contributed by atoms with van der Waals surface area (Å²) < 4.78 is 7.13. The summed E-state index contributed by atoms with van der Waals surface area (Å²) in [4.78, 5) is 28.3. The monoisotopic (exact) mass is 320 g/mol. The van der Waals surface area contributed by atoms with E-state index in [2.05, 4.69) is 18.9 Å². The lowest BCUT2D eigenvalue weighted by Crippen LogP contribution is -2.44. The van der Waals surface area contributed by atoms with Crippen LogP contribution in [0.5, 0.6) is 0 Å². The predicted octanol–water partition coefficient (Wildman–Crippen LogP) is 0.751. The van der Waals surface area contributed by atoms with Gasteiger partial charge in [0.1, 0.15) is 0 Å². The molecule has 0 aromatic carbocycles. The van der Waals surface area contributed by atoms with Gasteiger partial charge in [-0.2, -0.15) is 5.10 Å². The van der Waals surface area contributed by atoms with Crippen molar-refractivity contribution in [3.63, 3.8) is 0 Å². The van der Waals surface area contributed by atoms with Gasteiger partial charge in [0, 0.05) is 38.8 Å². The normalized spacial score (nSPS) is 22.2. The van der Waals surface area contributed by atoms with Crippen molar-refractivity contribution in [2.75, 3.05) is 37.7 Å². The zero-order valence-electron chi connectivity index (χ0n) is 13.8. The molecule has 23 heavy (non-hydrogen) atoms. The third-order valence-electron chi connectivity index (χ3n) is 4.28. The summed E-state index contributed by atoms with van der Waals surface area (Å²) in [5.41, 5.74) is 0.785. The second-order valence-corrected chi connectivity index (χ2v) is 6.66. The van der Waals surface area contributed by atoms with Crippen LogP contribution >= 0.6 is 0 Å². The number of aromatic nitrogens is 2. The van der Waals surface area contributed by atoms with Gasteiger partial charge in [-0.25, -0.2) is 0 Å².